The maximum absolute atomic E-state index is 3.69. The first kappa shape index (κ1) is 12.1. The third-order valence-corrected chi connectivity index (χ3v) is 3.84. The van der Waals surface area contributed by atoms with Gasteiger partial charge in [-0.05, 0) is 42.7 Å². The van der Waals surface area contributed by atoms with Gasteiger partial charge in [0, 0.05) is 25.5 Å². The fraction of sp³-hybridized carbons (Fsp3) is 0.294. The second kappa shape index (κ2) is 4.61. The van der Waals surface area contributed by atoms with Gasteiger partial charge in [0.05, 0.1) is 5.54 Å². The minimum atomic E-state index is 0.168. The number of rotatable bonds is 4. The average molecular weight is 252 g/mol. The van der Waals surface area contributed by atoms with Crippen molar-refractivity contribution in [3.05, 3.63) is 60.2 Å². The Morgan fingerprint density at radius 1 is 0.895 bits per heavy atom. The lowest BCUT2D eigenvalue weighted by Crippen LogP contribution is -2.18. The minimum Gasteiger partial charge on any atom is -0.378 e. The molecule has 0 heterocycles. The van der Waals surface area contributed by atoms with E-state index in [0.29, 0.717) is 0 Å². The summed E-state index contributed by atoms with van der Waals surface area (Å²) < 4.78 is 0. The van der Waals surface area contributed by atoms with Crippen LogP contribution in [0, 0.1) is 0 Å². The van der Waals surface area contributed by atoms with E-state index in [-0.39, 0.29) is 5.54 Å². The zero-order valence-corrected chi connectivity index (χ0v) is 11.6. The van der Waals surface area contributed by atoms with Crippen LogP contribution in [0.25, 0.3) is 0 Å². The summed E-state index contributed by atoms with van der Waals surface area (Å²) in [5, 5.41) is 3.69. The monoisotopic (exact) mass is 252 g/mol. The number of nitrogens with one attached hydrogen (secondary N) is 1. The molecule has 2 heteroatoms. The summed E-state index contributed by atoms with van der Waals surface area (Å²) in [7, 11) is 4.13. The Bertz CT molecular complexity index is 539. The van der Waals surface area contributed by atoms with Gasteiger partial charge in [0.1, 0.15) is 0 Å². The van der Waals surface area contributed by atoms with Crippen molar-refractivity contribution in [3.8, 4) is 0 Å². The lowest BCUT2D eigenvalue weighted by Gasteiger charge is -2.20. The maximum atomic E-state index is 3.69. The number of hydrogen-bond donors (Lipinski definition) is 1. The first-order chi connectivity index (χ1) is 9.20. The molecule has 1 aliphatic rings. The van der Waals surface area contributed by atoms with E-state index in [0.717, 1.165) is 0 Å². The number of hydrogen-bond acceptors (Lipinski definition) is 2. The highest BCUT2D eigenvalue weighted by atomic mass is 15.1. The van der Waals surface area contributed by atoms with E-state index in [1.54, 1.807) is 0 Å². The van der Waals surface area contributed by atoms with Crippen LogP contribution >= 0.6 is 0 Å². The Hall–Kier alpha value is -1.96. The van der Waals surface area contributed by atoms with E-state index in [2.05, 4.69) is 78.9 Å². The van der Waals surface area contributed by atoms with Crippen LogP contribution in [-0.2, 0) is 5.54 Å². The molecule has 3 rings (SSSR count). The van der Waals surface area contributed by atoms with Crippen molar-refractivity contribution in [2.24, 2.45) is 0 Å². The van der Waals surface area contributed by atoms with Crippen molar-refractivity contribution >= 4 is 11.4 Å². The number of benzene rings is 2. The van der Waals surface area contributed by atoms with E-state index in [1.807, 2.05) is 0 Å². The largest absolute Gasteiger partial charge is 0.378 e. The van der Waals surface area contributed by atoms with Crippen LogP contribution in [0.5, 0.6) is 0 Å². The molecule has 1 fully saturated rings. The highest BCUT2D eigenvalue weighted by Gasteiger charge is 2.44. The van der Waals surface area contributed by atoms with Crippen molar-refractivity contribution in [2.75, 3.05) is 24.3 Å². The summed E-state index contributed by atoms with van der Waals surface area (Å²) in [5.74, 6) is 0. The molecular weight excluding hydrogens is 232 g/mol. The molecule has 0 unspecified atom stereocenters. The van der Waals surface area contributed by atoms with E-state index in [9.17, 15) is 0 Å². The Morgan fingerprint density at radius 2 is 1.53 bits per heavy atom. The highest BCUT2D eigenvalue weighted by Crippen LogP contribution is 2.48. The lowest BCUT2D eigenvalue weighted by molar-refractivity contribution is 0.808. The molecule has 0 spiro atoms. The van der Waals surface area contributed by atoms with Crippen LogP contribution in [0.1, 0.15) is 18.4 Å². The van der Waals surface area contributed by atoms with Crippen LogP contribution < -0.4 is 10.2 Å². The zero-order valence-electron chi connectivity index (χ0n) is 11.6. The fourth-order valence-corrected chi connectivity index (χ4v) is 2.49. The van der Waals surface area contributed by atoms with Crippen molar-refractivity contribution in [1.29, 1.82) is 0 Å². The van der Waals surface area contributed by atoms with Gasteiger partial charge in [-0.1, -0.05) is 30.3 Å². The molecule has 0 amide bonds. The van der Waals surface area contributed by atoms with Gasteiger partial charge in [-0.3, -0.25) is 0 Å². The van der Waals surface area contributed by atoms with E-state index < -0.39 is 0 Å². The SMILES string of the molecule is CN(C)c1ccc(NC2(c3ccccc3)CC2)cc1. The molecule has 1 N–H and O–H groups in total. The predicted octanol–water partition coefficient (Wildman–Crippen LogP) is 3.85. The van der Waals surface area contributed by atoms with Crippen molar-refractivity contribution in [2.45, 2.75) is 18.4 Å². The molecule has 0 radical (unpaired) electrons. The summed E-state index contributed by atoms with van der Waals surface area (Å²) in [6.07, 6.45) is 2.43. The molecule has 98 valence electrons. The molecule has 2 aromatic carbocycles. The van der Waals surface area contributed by atoms with Crippen LogP contribution in [0.4, 0.5) is 11.4 Å². The van der Waals surface area contributed by atoms with E-state index in [4.69, 9.17) is 0 Å². The van der Waals surface area contributed by atoms with Gasteiger partial charge in [0.15, 0.2) is 0 Å². The second-order valence-corrected chi connectivity index (χ2v) is 5.51. The van der Waals surface area contributed by atoms with Gasteiger partial charge in [-0.2, -0.15) is 0 Å². The zero-order chi connectivity index (χ0) is 13.3. The Balaban J connectivity index is 1.78. The number of anilines is 2. The van der Waals surface area contributed by atoms with Crippen molar-refractivity contribution < 1.29 is 0 Å². The molecule has 0 bridgehead atoms. The minimum absolute atomic E-state index is 0.168. The average Bonchev–Trinajstić information content (AvgIpc) is 3.21. The summed E-state index contributed by atoms with van der Waals surface area (Å²) in [6, 6.07) is 19.4. The van der Waals surface area contributed by atoms with Gasteiger partial charge in [0.25, 0.3) is 0 Å². The summed E-state index contributed by atoms with van der Waals surface area (Å²) >= 11 is 0. The van der Waals surface area contributed by atoms with Crippen molar-refractivity contribution in [1.82, 2.24) is 0 Å². The van der Waals surface area contributed by atoms with Crippen LogP contribution in [0.2, 0.25) is 0 Å². The summed E-state index contributed by atoms with van der Waals surface area (Å²) in [6.45, 7) is 0. The summed E-state index contributed by atoms with van der Waals surface area (Å²) in [5.41, 5.74) is 4.00. The predicted molar refractivity (Wildman–Crippen MR) is 81.7 cm³/mol. The van der Waals surface area contributed by atoms with Crippen LogP contribution in [0.3, 0.4) is 0 Å². The molecule has 0 aliphatic heterocycles. The van der Waals surface area contributed by atoms with Gasteiger partial charge < -0.3 is 10.2 Å². The lowest BCUT2D eigenvalue weighted by atomic mass is 10.0. The van der Waals surface area contributed by atoms with Crippen LogP contribution in [-0.4, -0.2) is 14.1 Å². The number of nitrogens with zero attached hydrogens (tertiary/aromatic N) is 1. The van der Waals surface area contributed by atoms with Gasteiger partial charge in [-0.25, -0.2) is 0 Å². The van der Waals surface area contributed by atoms with Crippen LogP contribution in [0.15, 0.2) is 54.6 Å². The maximum Gasteiger partial charge on any atom is 0.0627 e. The Kier molecular flexibility index (Phi) is 2.94. The molecule has 0 saturated heterocycles. The standard InChI is InChI=1S/C17H20N2/c1-19(2)16-10-8-15(9-11-16)18-17(12-13-17)14-6-4-3-5-7-14/h3-11,18H,12-13H2,1-2H3. The quantitative estimate of drug-likeness (QED) is 0.889. The molecule has 1 saturated carbocycles. The molecule has 2 nitrogen and oxygen atoms in total. The summed E-state index contributed by atoms with van der Waals surface area (Å²) in [4.78, 5) is 2.12. The smallest absolute Gasteiger partial charge is 0.0627 e. The highest BCUT2D eigenvalue weighted by molar-refractivity contribution is 5.57. The van der Waals surface area contributed by atoms with E-state index >= 15 is 0 Å². The van der Waals surface area contributed by atoms with Crippen molar-refractivity contribution in [3.63, 3.8) is 0 Å². The Morgan fingerprint density at radius 3 is 2.05 bits per heavy atom. The molecule has 0 atom stereocenters. The third kappa shape index (κ3) is 2.43. The van der Waals surface area contributed by atoms with Gasteiger partial charge in [0.2, 0.25) is 0 Å². The second-order valence-electron chi connectivity index (χ2n) is 5.51. The molecule has 19 heavy (non-hydrogen) atoms. The molecule has 2 aromatic rings. The first-order valence-electron chi connectivity index (χ1n) is 6.81. The van der Waals surface area contributed by atoms with Gasteiger partial charge in [-0.15, -0.1) is 0 Å². The topological polar surface area (TPSA) is 15.3 Å². The molecular formula is C17H20N2. The normalized spacial score (nSPS) is 15.9. The third-order valence-electron chi connectivity index (χ3n) is 3.84. The first-order valence-corrected chi connectivity index (χ1v) is 6.81. The van der Waals surface area contributed by atoms with E-state index in [1.165, 1.54) is 29.8 Å². The Labute approximate surface area is 115 Å². The molecule has 0 aromatic heterocycles. The fourth-order valence-electron chi connectivity index (χ4n) is 2.49. The molecule has 1 aliphatic carbocycles. The van der Waals surface area contributed by atoms with Gasteiger partial charge >= 0.3 is 0 Å².